The predicted octanol–water partition coefficient (Wildman–Crippen LogP) is 2.91. The van der Waals surface area contributed by atoms with Crippen molar-refractivity contribution in [1.82, 2.24) is 14.9 Å². The van der Waals surface area contributed by atoms with Gasteiger partial charge in [0.2, 0.25) is 11.7 Å². The molecule has 29 heavy (non-hydrogen) atoms. The lowest BCUT2D eigenvalue weighted by molar-refractivity contribution is -0.140. The van der Waals surface area contributed by atoms with Gasteiger partial charge in [0.05, 0.1) is 17.7 Å². The highest BCUT2D eigenvalue weighted by Gasteiger charge is 2.45. The Balaban J connectivity index is 1.50. The Morgan fingerprint density at radius 1 is 1.28 bits per heavy atom. The maximum absolute atomic E-state index is 14.4. The van der Waals surface area contributed by atoms with E-state index in [1.807, 2.05) is 42.2 Å². The smallest absolute Gasteiger partial charge is 0.254 e. The number of ether oxygens (including phenoxy) is 2. The van der Waals surface area contributed by atoms with E-state index in [2.05, 4.69) is 9.97 Å². The Bertz CT molecular complexity index is 856. The third-order valence-corrected chi connectivity index (χ3v) is 5.96. The molecular weight excluding hydrogens is 373 g/mol. The summed E-state index contributed by atoms with van der Waals surface area (Å²) in [6.45, 7) is 3.99. The van der Waals surface area contributed by atoms with Gasteiger partial charge in [0.1, 0.15) is 12.4 Å². The van der Waals surface area contributed by atoms with Crippen LogP contribution in [0.1, 0.15) is 37.4 Å². The monoisotopic (exact) mass is 399 g/mol. The van der Waals surface area contributed by atoms with Crippen molar-refractivity contribution >= 4 is 5.91 Å². The van der Waals surface area contributed by atoms with E-state index in [1.165, 1.54) is 6.33 Å². The first-order valence-electron chi connectivity index (χ1n) is 10.2. The first-order chi connectivity index (χ1) is 14.1. The summed E-state index contributed by atoms with van der Waals surface area (Å²) < 4.78 is 25.8. The SMILES string of the molecule is CCc1ncnc(OC2CCN(C(=O)C3(c4ccccc4)CCOCC3)C2)c1F. The van der Waals surface area contributed by atoms with E-state index in [-0.39, 0.29) is 17.9 Å². The number of amides is 1. The number of likely N-dealkylation sites (tertiary alicyclic amines) is 1. The summed E-state index contributed by atoms with van der Waals surface area (Å²) in [4.78, 5) is 23.3. The maximum Gasteiger partial charge on any atom is 0.254 e. The van der Waals surface area contributed by atoms with Gasteiger partial charge in [0.15, 0.2) is 0 Å². The number of nitrogens with zero attached hydrogens (tertiary/aromatic N) is 3. The fraction of sp³-hybridized carbons (Fsp3) is 0.500. The Morgan fingerprint density at radius 2 is 2.03 bits per heavy atom. The number of aryl methyl sites for hydroxylation is 1. The molecule has 0 N–H and O–H groups in total. The molecule has 154 valence electrons. The third-order valence-electron chi connectivity index (χ3n) is 5.96. The summed E-state index contributed by atoms with van der Waals surface area (Å²) in [5.41, 5.74) is 0.808. The van der Waals surface area contributed by atoms with Crippen molar-refractivity contribution in [2.45, 2.75) is 44.1 Å². The van der Waals surface area contributed by atoms with Crippen molar-refractivity contribution in [3.8, 4) is 5.88 Å². The normalized spacial score (nSPS) is 21.2. The van der Waals surface area contributed by atoms with Gasteiger partial charge in [-0.15, -0.1) is 0 Å². The third kappa shape index (κ3) is 3.83. The van der Waals surface area contributed by atoms with Crippen LogP contribution in [-0.4, -0.2) is 53.2 Å². The maximum atomic E-state index is 14.4. The number of carbonyl (C=O) groups is 1. The Hall–Kier alpha value is -2.54. The molecule has 1 aromatic carbocycles. The number of hydrogen-bond donors (Lipinski definition) is 0. The Labute approximate surface area is 170 Å². The molecule has 2 aromatic rings. The average Bonchev–Trinajstić information content (AvgIpc) is 3.24. The summed E-state index contributed by atoms with van der Waals surface area (Å²) in [6.07, 6.45) is 3.50. The van der Waals surface area contributed by atoms with Crippen molar-refractivity contribution in [2.24, 2.45) is 0 Å². The second-order valence-corrected chi connectivity index (χ2v) is 7.63. The fourth-order valence-corrected chi connectivity index (χ4v) is 4.29. The molecule has 1 atom stereocenters. The number of halogens is 1. The molecule has 3 heterocycles. The molecule has 2 fully saturated rings. The molecule has 0 radical (unpaired) electrons. The second-order valence-electron chi connectivity index (χ2n) is 7.63. The molecule has 0 saturated carbocycles. The summed E-state index contributed by atoms with van der Waals surface area (Å²) in [6, 6.07) is 9.95. The largest absolute Gasteiger partial charge is 0.470 e. The van der Waals surface area contributed by atoms with E-state index in [4.69, 9.17) is 9.47 Å². The predicted molar refractivity (Wildman–Crippen MR) is 105 cm³/mol. The van der Waals surface area contributed by atoms with Gasteiger partial charge in [-0.05, 0) is 24.8 Å². The van der Waals surface area contributed by atoms with Crippen LogP contribution in [0.3, 0.4) is 0 Å². The zero-order chi connectivity index (χ0) is 20.3. The highest BCUT2D eigenvalue weighted by molar-refractivity contribution is 5.88. The van der Waals surface area contributed by atoms with Crippen LogP contribution >= 0.6 is 0 Å². The molecule has 0 bridgehead atoms. The lowest BCUT2D eigenvalue weighted by atomic mass is 9.73. The van der Waals surface area contributed by atoms with Crippen molar-refractivity contribution in [3.05, 3.63) is 53.7 Å². The van der Waals surface area contributed by atoms with Crippen LogP contribution in [0, 0.1) is 5.82 Å². The van der Waals surface area contributed by atoms with E-state index >= 15 is 0 Å². The first kappa shape index (κ1) is 19.8. The summed E-state index contributed by atoms with van der Waals surface area (Å²) >= 11 is 0. The standard InChI is InChI=1S/C22H26FN3O3/c1-2-18-19(23)20(25-15-24-18)29-17-8-11-26(14-17)21(27)22(9-12-28-13-10-22)16-6-4-3-5-7-16/h3-7,15,17H,2,8-14H2,1H3. The van der Waals surface area contributed by atoms with Crippen molar-refractivity contribution in [3.63, 3.8) is 0 Å². The number of aromatic nitrogens is 2. The lowest BCUT2D eigenvalue weighted by Gasteiger charge is -2.39. The molecule has 4 rings (SSSR count). The number of rotatable bonds is 5. The number of benzene rings is 1. The van der Waals surface area contributed by atoms with E-state index in [9.17, 15) is 9.18 Å². The van der Waals surface area contributed by atoms with Gasteiger partial charge in [-0.2, -0.15) is 9.37 Å². The number of carbonyl (C=O) groups excluding carboxylic acids is 1. The topological polar surface area (TPSA) is 64.6 Å². The fourth-order valence-electron chi connectivity index (χ4n) is 4.29. The highest BCUT2D eigenvalue weighted by Crippen LogP contribution is 2.37. The second kappa shape index (κ2) is 8.45. The number of hydrogen-bond acceptors (Lipinski definition) is 5. The van der Waals surface area contributed by atoms with Gasteiger partial charge in [0, 0.05) is 26.2 Å². The van der Waals surface area contributed by atoms with Crippen molar-refractivity contribution in [2.75, 3.05) is 26.3 Å². The minimum Gasteiger partial charge on any atom is -0.470 e. The molecule has 2 aliphatic rings. The Morgan fingerprint density at radius 3 is 2.76 bits per heavy atom. The van der Waals surface area contributed by atoms with Crippen molar-refractivity contribution < 1.29 is 18.7 Å². The summed E-state index contributed by atoms with van der Waals surface area (Å²) in [5, 5.41) is 0. The molecule has 1 unspecified atom stereocenters. The lowest BCUT2D eigenvalue weighted by Crippen LogP contribution is -2.49. The van der Waals surface area contributed by atoms with Gasteiger partial charge in [-0.3, -0.25) is 4.79 Å². The molecule has 2 saturated heterocycles. The van der Waals surface area contributed by atoms with Gasteiger partial charge in [-0.25, -0.2) is 4.98 Å². The van der Waals surface area contributed by atoms with Gasteiger partial charge in [-0.1, -0.05) is 37.3 Å². The summed E-state index contributed by atoms with van der Waals surface area (Å²) in [7, 11) is 0. The molecule has 0 spiro atoms. The average molecular weight is 399 g/mol. The van der Waals surface area contributed by atoms with E-state index in [0.29, 0.717) is 57.7 Å². The van der Waals surface area contributed by atoms with Gasteiger partial charge in [0.25, 0.3) is 5.88 Å². The summed E-state index contributed by atoms with van der Waals surface area (Å²) in [5.74, 6) is -0.430. The molecule has 2 aliphatic heterocycles. The highest BCUT2D eigenvalue weighted by atomic mass is 19.1. The molecule has 7 heteroatoms. The van der Waals surface area contributed by atoms with Crippen LogP contribution in [0.5, 0.6) is 5.88 Å². The van der Waals surface area contributed by atoms with Crippen LogP contribution in [0.15, 0.2) is 36.7 Å². The van der Waals surface area contributed by atoms with Crippen LogP contribution in [0.2, 0.25) is 0 Å². The minimum absolute atomic E-state index is 0.0278. The zero-order valence-electron chi connectivity index (χ0n) is 16.6. The van der Waals surface area contributed by atoms with Gasteiger partial charge >= 0.3 is 0 Å². The van der Waals surface area contributed by atoms with Crippen LogP contribution in [0.25, 0.3) is 0 Å². The van der Waals surface area contributed by atoms with Crippen LogP contribution in [-0.2, 0) is 21.4 Å². The molecule has 1 amide bonds. The first-order valence-corrected chi connectivity index (χ1v) is 10.2. The van der Waals surface area contributed by atoms with Crippen molar-refractivity contribution in [1.29, 1.82) is 0 Å². The van der Waals surface area contributed by atoms with Crippen LogP contribution in [0.4, 0.5) is 4.39 Å². The molecule has 1 aromatic heterocycles. The Kier molecular flexibility index (Phi) is 5.76. The molecule has 6 nitrogen and oxygen atoms in total. The zero-order valence-corrected chi connectivity index (χ0v) is 16.6. The van der Waals surface area contributed by atoms with E-state index in [0.717, 1.165) is 5.56 Å². The van der Waals surface area contributed by atoms with E-state index in [1.54, 1.807) is 0 Å². The quantitative estimate of drug-likeness (QED) is 0.774. The van der Waals surface area contributed by atoms with Gasteiger partial charge < -0.3 is 14.4 Å². The molecular formula is C22H26FN3O3. The minimum atomic E-state index is -0.566. The van der Waals surface area contributed by atoms with E-state index < -0.39 is 11.2 Å². The molecule has 0 aliphatic carbocycles. The van der Waals surface area contributed by atoms with Crippen LogP contribution < -0.4 is 4.74 Å².